The predicted octanol–water partition coefficient (Wildman–Crippen LogP) is -0.211. The Morgan fingerprint density at radius 2 is 2.05 bits per heavy atom. The molecule has 2 aliphatic heterocycles. The summed E-state index contributed by atoms with van der Waals surface area (Å²) in [5.41, 5.74) is 0. The summed E-state index contributed by atoms with van der Waals surface area (Å²) < 4.78 is 22.0. The predicted molar refractivity (Wildman–Crippen MR) is 78.2 cm³/mol. The maximum absolute atomic E-state index is 11.0. The van der Waals surface area contributed by atoms with Crippen molar-refractivity contribution in [2.75, 3.05) is 51.3 Å². The van der Waals surface area contributed by atoms with Crippen molar-refractivity contribution in [2.45, 2.75) is 31.8 Å². The highest BCUT2D eigenvalue weighted by molar-refractivity contribution is 7.90. The van der Waals surface area contributed by atoms with Crippen molar-refractivity contribution in [3.05, 3.63) is 0 Å². The minimum Gasteiger partial charge on any atom is -0.314 e. The molecular formula is C13H27N3O2S. The lowest BCUT2D eigenvalue weighted by Crippen LogP contribution is -2.56. The van der Waals surface area contributed by atoms with Crippen molar-refractivity contribution in [2.24, 2.45) is 0 Å². The molecule has 0 aromatic rings. The fourth-order valence-electron chi connectivity index (χ4n) is 3.16. The van der Waals surface area contributed by atoms with Gasteiger partial charge >= 0.3 is 0 Å². The van der Waals surface area contributed by atoms with E-state index in [0.717, 1.165) is 19.1 Å². The minimum absolute atomic E-state index is 0.235. The minimum atomic E-state index is -2.83. The summed E-state index contributed by atoms with van der Waals surface area (Å²) >= 11 is 0. The van der Waals surface area contributed by atoms with Crippen LogP contribution >= 0.6 is 0 Å². The summed E-state index contributed by atoms with van der Waals surface area (Å²) in [6.45, 7) is 8.40. The van der Waals surface area contributed by atoms with Crippen LogP contribution in [0.25, 0.3) is 0 Å². The van der Waals surface area contributed by atoms with Crippen LogP contribution in [0.1, 0.15) is 19.8 Å². The molecule has 0 saturated carbocycles. The van der Waals surface area contributed by atoms with Crippen molar-refractivity contribution in [1.82, 2.24) is 15.1 Å². The molecular weight excluding hydrogens is 262 g/mol. The van der Waals surface area contributed by atoms with E-state index in [9.17, 15) is 8.42 Å². The zero-order chi connectivity index (χ0) is 13.9. The maximum Gasteiger partial charge on any atom is 0.148 e. The molecule has 19 heavy (non-hydrogen) atoms. The number of fused-ring (bicyclic) bond motifs is 1. The standard InChI is InChI=1S/C13H27N3O2S/c1-12-10-16-7-3-4-13(16)11-15(12)8-5-14-6-9-19(2,17)18/h12-14H,3-11H2,1-2H3. The van der Waals surface area contributed by atoms with Gasteiger partial charge in [0.1, 0.15) is 9.84 Å². The Kier molecular flexibility index (Phi) is 5.22. The van der Waals surface area contributed by atoms with Crippen LogP contribution in [0.2, 0.25) is 0 Å². The van der Waals surface area contributed by atoms with Crippen LogP contribution in [0.15, 0.2) is 0 Å². The van der Waals surface area contributed by atoms with Gasteiger partial charge in [-0.3, -0.25) is 9.80 Å². The Balaban J connectivity index is 1.65. The first-order chi connectivity index (χ1) is 8.96. The number of sulfone groups is 1. The summed E-state index contributed by atoms with van der Waals surface area (Å²) in [6.07, 6.45) is 3.97. The SMILES string of the molecule is CC1CN2CCCC2CN1CCNCCS(C)(=O)=O. The Hall–Kier alpha value is -0.170. The molecule has 0 radical (unpaired) electrons. The summed E-state index contributed by atoms with van der Waals surface area (Å²) in [7, 11) is -2.83. The normalized spacial score (nSPS) is 29.6. The van der Waals surface area contributed by atoms with E-state index in [-0.39, 0.29) is 5.75 Å². The quantitative estimate of drug-likeness (QED) is 0.686. The Morgan fingerprint density at radius 1 is 1.26 bits per heavy atom. The van der Waals surface area contributed by atoms with Gasteiger partial charge in [0, 0.05) is 51.1 Å². The van der Waals surface area contributed by atoms with E-state index in [4.69, 9.17) is 0 Å². The Morgan fingerprint density at radius 3 is 2.79 bits per heavy atom. The molecule has 2 aliphatic rings. The number of rotatable bonds is 6. The van der Waals surface area contributed by atoms with E-state index in [1.165, 1.54) is 38.7 Å². The number of hydrogen-bond acceptors (Lipinski definition) is 5. The van der Waals surface area contributed by atoms with Crippen molar-refractivity contribution in [3.8, 4) is 0 Å². The molecule has 1 N–H and O–H groups in total. The second kappa shape index (κ2) is 6.52. The third-order valence-electron chi connectivity index (χ3n) is 4.29. The molecule has 112 valence electrons. The molecule has 5 nitrogen and oxygen atoms in total. The topological polar surface area (TPSA) is 52.6 Å². The molecule has 2 heterocycles. The lowest BCUT2D eigenvalue weighted by atomic mass is 10.1. The van der Waals surface area contributed by atoms with Gasteiger partial charge in [0.25, 0.3) is 0 Å². The third-order valence-corrected chi connectivity index (χ3v) is 5.24. The first-order valence-electron chi connectivity index (χ1n) is 7.32. The number of piperazine rings is 1. The monoisotopic (exact) mass is 289 g/mol. The zero-order valence-electron chi connectivity index (χ0n) is 12.1. The lowest BCUT2D eigenvalue weighted by molar-refractivity contribution is 0.0605. The molecule has 2 atom stereocenters. The van der Waals surface area contributed by atoms with E-state index < -0.39 is 9.84 Å². The van der Waals surface area contributed by atoms with Gasteiger partial charge in [-0.2, -0.15) is 0 Å². The molecule has 2 rings (SSSR count). The van der Waals surface area contributed by atoms with Gasteiger partial charge in [-0.05, 0) is 26.3 Å². The molecule has 2 unspecified atom stereocenters. The highest BCUT2D eigenvalue weighted by Crippen LogP contribution is 2.23. The molecule has 2 fully saturated rings. The van der Waals surface area contributed by atoms with Crippen molar-refractivity contribution >= 4 is 9.84 Å². The molecule has 0 aliphatic carbocycles. The third kappa shape index (κ3) is 4.70. The Bertz CT molecular complexity index is 385. The zero-order valence-corrected chi connectivity index (χ0v) is 13.0. The number of nitrogens with zero attached hydrogens (tertiary/aromatic N) is 2. The molecule has 0 amide bonds. The summed E-state index contributed by atoms with van der Waals surface area (Å²) in [5, 5.41) is 3.24. The molecule has 0 aromatic carbocycles. The van der Waals surface area contributed by atoms with Crippen LogP contribution in [0.5, 0.6) is 0 Å². The van der Waals surface area contributed by atoms with E-state index >= 15 is 0 Å². The molecule has 0 bridgehead atoms. The smallest absolute Gasteiger partial charge is 0.148 e. The maximum atomic E-state index is 11.0. The highest BCUT2D eigenvalue weighted by Gasteiger charge is 2.33. The van der Waals surface area contributed by atoms with Crippen LogP contribution in [-0.4, -0.2) is 81.6 Å². The van der Waals surface area contributed by atoms with Crippen molar-refractivity contribution in [3.63, 3.8) is 0 Å². The first kappa shape index (κ1) is 15.2. The fourth-order valence-corrected chi connectivity index (χ4v) is 3.68. The molecule has 0 aromatic heterocycles. The first-order valence-corrected chi connectivity index (χ1v) is 9.38. The largest absolute Gasteiger partial charge is 0.314 e. The van der Waals surface area contributed by atoms with Crippen LogP contribution in [-0.2, 0) is 9.84 Å². The highest BCUT2D eigenvalue weighted by atomic mass is 32.2. The van der Waals surface area contributed by atoms with Crippen molar-refractivity contribution in [1.29, 1.82) is 0 Å². The summed E-state index contributed by atoms with van der Waals surface area (Å²) in [4.78, 5) is 5.16. The Labute approximate surface area is 117 Å². The second-order valence-electron chi connectivity index (χ2n) is 6.01. The summed E-state index contributed by atoms with van der Waals surface area (Å²) in [6, 6.07) is 1.37. The van der Waals surface area contributed by atoms with E-state index in [1.807, 2.05) is 0 Å². The van der Waals surface area contributed by atoms with Gasteiger partial charge in [0.05, 0.1) is 5.75 Å². The summed E-state index contributed by atoms with van der Waals surface area (Å²) in [5.74, 6) is 0.235. The van der Waals surface area contributed by atoms with Crippen LogP contribution in [0.4, 0.5) is 0 Å². The van der Waals surface area contributed by atoms with E-state index in [1.54, 1.807) is 0 Å². The van der Waals surface area contributed by atoms with Crippen LogP contribution in [0.3, 0.4) is 0 Å². The van der Waals surface area contributed by atoms with Gasteiger partial charge in [0.2, 0.25) is 0 Å². The second-order valence-corrected chi connectivity index (χ2v) is 8.27. The van der Waals surface area contributed by atoms with Gasteiger partial charge < -0.3 is 5.32 Å². The fraction of sp³-hybridized carbons (Fsp3) is 1.00. The molecule has 6 heteroatoms. The van der Waals surface area contributed by atoms with Gasteiger partial charge in [0.15, 0.2) is 0 Å². The number of hydrogen-bond donors (Lipinski definition) is 1. The van der Waals surface area contributed by atoms with Gasteiger partial charge in [-0.15, -0.1) is 0 Å². The van der Waals surface area contributed by atoms with Crippen LogP contribution in [0, 0.1) is 0 Å². The molecule has 2 saturated heterocycles. The van der Waals surface area contributed by atoms with E-state index in [0.29, 0.717) is 12.6 Å². The molecule has 0 spiro atoms. The van der Waals surface area contributed by atoms with E-state index in [2.05, 4.69) is 22.0 Å². The van der Waals surface area contributed by atoms with Gasteiger partial charge in [-0.25, -0.2) is 8.42 Å². The van der Waals surface area contributed by atoms with Crippen LogP contribution < -0.4 is 5.32 Å². The van der Waals surface area contributed by atoms with Gasteiger partial charge in [-0.1, -0.05) is 0 Å². The van der Waals surface area contributed by atoms with Crippen molar-refractivity contribution < 1.29 is 8.42 Å². The lowest BCUT2D eigenvalue weighted by Gasteiger charge is -2.42. The average Bonchev–Trinajstić information content (AvgIpc) is 2.74. The number of nitrogens with one attached hydrogen (secondary N) is 1. The average molecular weight is 289 g/mol.